The van der Waals surface area contributed by atoms with Crippen molar-refractivity contribution in [2.75, 3.05) is 6.26 Å². The molecule has 116 valence electrons. The largest absolute Gasteiger partial charge is 0.361 e. The Labute approximate surface area is 135 Å². The molecule has 0 aliphatic heterocycles. The quantitative estimate of drug-likeness (QED) is 0.615. The number of thiophene rings is 1. The van der Waals surface area contributed by atoms with E-state index in [1.165, 1.54) is 17.6 Å². The first-order valence-corrected chi connectivity index (χ1v) is 9.48. The Morgan fingerprint density at radius 2 is 2.13 bits per heavy atom. The summed E-state index contributed by atoms with van der Waals surface area (Å²) in [6, 6.07) is 9.30. The minimum atomic E-state index is -3.24. The second-order valence-electron chi connectivity index (χ2n) is 5.09. The van der Waals surface area contributed by atoms with Gasteiger partial charge >= 0.3 is 0 Å². The van der Waals surface area contributed by atoms with Gasteiger partial charge in [0, 0.05) is 34.3 Å². The highest BCUT2D eigenvalue weighted by Crippen LogP contribution is 2.31. The van der Waals surface area contributed by atoms with Gasteiger partial charge in [0.1, 0.15) is 0 Å². The van der Waals surface area contributed by atoms with Crippen LogP contribution in [0.2, 0.25) is 0 Å². The Kier molecular flexibility index (Phi) is 3.10. The van der Waals surface area contributed by atoms with Crippen LogP contribution in [0.25, 0.3) is 33.1 Å². The minimum Gasteiger partial charge on any atom is -0.361 e. The van der Waals surface area contributed by atoms with Gasteiger partial charge in [0.05, 0.1) is 9.77 Å². The Hall–Kier alpha value is -2.45. The van der Waals surface area contributed by atoms with Crippen LogP contribution in [-0.4, -0.2) is 29.8 Å². The van der Waals surface area contributed by atoms with E-state index < -0.39 is 9.84 Å². The van der Waals surface area contributed by atoms with E-state index in [9.17, 15) is 8.42 Å². The number of aromatic nitrogens is 3. The molecule has 8 heteroatoms. The first-order chi connectivity index (χ1) is 11.0. The second kappa shape index (κ2) is 5.04. The summed E-state index contributed by atoms with van der Waals surface area (Å²) in [6.07, 6.45) is 3.03. The van der Waals surface area contributed by atoms with Crippen molar-refractivity contribution in [3.05, 3.63) is 41.9 Å². The standard InChI is InChI=1S/C15H11N3O3S2/c1-23(19,20)9-7-13(22-8-9)15-17-14(18-21-15)11-3-2-4-12-10(11)5-6-16-12/h2-8,16H,1H3. The molecule has 0 atom stereocenters. The topological polar surface area (TPSA) is 88.9 Å². The molecule has 0 aliphatic carbocycles. The van der Waals surface area contributed by atoms with Crippen molar-refractivity contribution in [1.82, 2.24) is 15.1 Å². The Morgan fingerprint density at radius 1 is 1.26 bits per heavy atom. The summed E-state index contributed by atoms with van der Waals surface area (Å²) in [6.45, 7) is 0. The molecule has 0 spiro atoms. The van der Waals surface area contributed by atoms with Crippen LogP contribution in [-0.2, 0) is 9.84 Å². The van der Waals surface area contributed by atoms with Crippen LogP contribution in [0.4, 0.5) is 0 Å². The smallest absolute Gasteiger partial charge is 0.268 e. The van der Waals surface area contributed by atoms with E-state index in [1.807, 2.05) is 30.5 Å². The van der Waals surface area contributed by atoms with Gasteiger partial charge in [-0.2, -0.15) is 4.98 Å². The molecule has 23 heavy (non-hydrogen) atoms. The monoisotopic (exact) mass is 345 g/mol. The molecule has 3 heterocycles. The van der Waals surface area contributed by atoms with E-state index in [-0.39, 0.29) is 4.90 Å². The van der Waals surface area contributed by atoms with E-state index in [1.54, 1.807) is 11.4 Å². The number of hydrogen-bond donors (Lipinski definition) is 1. The van der Waals surface area contributed by atoms with Crippen LogP contribution in [0, 0.1) is 0 Å². The van der Waals surface area contributed by atoms with Crippen molar-refractivity contribution in [3.63, 3.8) is 0 Å². The summed E-state index contributed by atoms with van der Waals surface area (Å²) in [4.78, 5) is 8.42. The van der Waals surface area contributed by atoms with E-state index in [0.29, 0.717) is 16.6 Å². The number of fused-ring (bicyclic) bond motifs is 1. The number of rotatable bonds is 3. The number of sulfone groups is 1. The van der Waals surface area contributed by atoms with E-state index in [2.05, 4.69) is 15.1 Å². The fourth-order valence-electron chi connectivity index (χ4n) is 2.34. The van der Waals surface area contributed by atoms with Gasteiger partial charge in [0.25, 0.3) is 5.89 Å². The van der Waals surface area contributed by atoms with Crippen molar-refractivity contribution >= 4 is 32.1 Å². The third-order valence-corrected chi connectivity index (χ3v) is 5.64. The van der Waals surface area contributed by atoms with Crippen molar-refractivity contribution in [1.29, 1.82) is 0 Å². The number of aromatic amines is 1. The molecule has 1 N–H and O–H groups in total. The maximum absolute atomic E-state index is 11.6. The zero-order chi connectivity index (χ0) is 16.0. The number of hydrogen-bond acceptors (Lipinski definition) is 6. The molecule has 3 aromatic heterocycles. The lowest BCUT2D eigenvalue weighted by Gasteiger charge is -1.96. The number of H-pyrrole nitrogens is 1. The summed E-state index contributed by atoms with van der Waals surface area (Å²) in [5.74, 6) is 0.784. The molecule has 0 fully saturated rings. The summed E-state index contributed by atoms with van der Waals surface area (Å²) >= 11 is 1.26. The summed E-state index contributed by atoms with van der Waals surface area (Å²) in [7, 11) is -3.24. The molecule has 4 rings (SSSR count). The Balaban J connectivity index is 1.78. The zero-order valence-corrected chi connectivity index (χ0v) is 13.6. The van der Waals surface area contributed by atoms with E-state index in [0.717, 1.165) is 16.5 Å². The normalized spacial score (nSPS) is 12.0. The highest BCUT2D eigenvalue weighted by atomic mass is 32.2. The van der Waals surface area contributed by atoms with Crippen LogP contribution >= 0.6 is 11.3 Å². The lowest BCUT2D eigenvalue weighted by atomic mass is 10.1. The van der Waals surface area contributed by atoms with Crippen LogP contribution in [0.5, 0.6) is 0 Å². The third-order valence-electron chi connectivity index (χ3n) is 3.48. The summed E-state index contributed by atoms with van der Waals surface area (Å²) in [5.41, 5.74) is 1.85. The van der Waals surface area contributed by atoms with Gasteiger partial charge in [-0.1, -0.05) is 17.3 Å². The van der Waals surface area contributed by atoms with E-state index >= 15 is 0 Å². The molecular weight excluding hydrogens is 334 g/mol. The Morgan fingerprint density at radius 3 is 2.91 bits per heavy atom. The fourth-order valence-corrected chi connectivity index (χ4v) is 4.28. The van der Waals surface area contributed by atoms with Crippen LogP contribution in [0.15, 0.2) is 51.3 Å². The average Bonchev–Trinajstić information content (AvgIpc) is 3.24. The van der Waals surface area contributed by atoms with Crippen molar-refractivity contribution in [3.8, 4) is 22.2 Å². The predicted octanol–water partition coefficient (Wildman–Crippen LogP) is 3.35. The van der Waals surface area contributed by atoms with Gasteiger partial charge in [-0.15, -0.1) is 11.3 Å². The molecule has 0 saturated heterocycles. The molecule has 0 bridgehead atoms. The molecule has 0 aliphatic rings. The maximum atomic E-state index is 11.6. The highest BCUT2D eigenvalue weighted by Gasteiger charge is 2.17. The fraction of sp³-hybridized carbons (Fsp3) is 0.0667. The van der Waals surface area contributed by atoms with E-state index in [4.69, 9.17) is 4.52 Å². The van der Waals surface area contributed by atoms with Gasteiger partial charge < -0.3 is 9.51 Å². The predicted molar refractivity (Wildman–Crippen MR) is 88.0 cm³/mol. The minimum absolute atomic E-state index is 0.255. The first kappa shape index (κ1) is 14.2. The van der Waals surface area contributed by atoms with Crippen LogP contribution in [0.1, 0.15) is 0 Å². The number of nitrogens with zero attached hydrogens (tertiary/aromatic N) is 2. The molecule has 1 aromatic carbocycles. The second-order valence-corrected chi connectivity index (χ2v) is 8.01. The first-order valence-electron chi connectivity index (χ1n) is 6.71. The molecular formula is C15H11N3O3S2. The Bertz CT molecular complexity index is 1110. The van der Waals surface area contributed by atoms with Crippen molar-refractivity contribution in [2.24, 2.45) is 0 Å². The van der Waals surface area contributed by atoms with Crippen LogP contribution < -0.4 is 0 Å². The molecule has 0 amide bonds. The van der Waals surface area contributed by atoms with Gasteiger partial charge in [-0.3, -0.25) is 0 Å². The third kappa shape index (κ3) is 2.45. The maximum Gasteiger partial charge on any atom is 0.268 e. The van der Waals surface area contributed by atoms with Gasteiger partial charge in [-0.25, -0.2) is 8.42 Å². The highest BCUT2D eigenvalue weighted by molar-refractivity contribution is 7.90. The number of nitrogens with one attached hydrogen (secondary N) is 1. The molecule has 4 aromatic rings. The van der Waals surface area contributed by atoms with Gasteiger partial charge in [0.15, 0.2) is 9.84 Å². The molecule has 0 radical (unpaired) electrons. The van der Waals surface area contributed by atoms with Gasteiger partial charge in [0.2, 0.25) is 5.82 Å². The van der Waals surface area contributed by atoms with Gasteiger partial charge in [-0.05, 0) is 18.2 Å². The molecule has 0 saturated carbocycles. The SMILES string of the molecule is CS(=O)(=O)c1csc(-c2nc(-c3cccc4[nH]ccc34)no2)c1. The van der Waals surface area contributed by atoms with Crippen molar-refractivity contribution < 1.29 is 12.9 Å². The lowest BCUT2D eigenvalue weighted by molar-refractivity contribution is 0.433. The average molecular weight is 345 g/mol. The number of benzene rings is 1. The zero-order valence-electron chi connectivity index (χ0n) is 12.0. The van der Waals surface area contributed by atoms with Crippen LogP contribution in [0.3, 0.4) is 0 Å². The van der Waals surface area contributed by atoms with Crippen molar-refractivity contribution in [2.45, 2.75) is 4.90 Å². The molecule has 0 unspecified atom stereocenters. The summed E-state index contributed by atoms with van der Waals surface area (Å²) < 4.78 is 28.4. The lowest BCUT2D eigenvalue weighted by Crippen LogP contribution is -1.93. The summed E-state index contributed by atoms with van der Waals surface area (Å²) in [5, 5.41) is 6.59. The molecule has 6 nitrogen and oxygen atoms in total.